The molecule has 0 bridgehead atoms. The van der Waals surface area contributed by atoms with Gasteiger partial charge in [-0.1, -0.05) is 67.6 Å². The normalized spacial score (nSPS) is 11.1. The van der Waals surface area contributed by atoms with Crippen LogP contribution < -0.4 is 9.64 Å². The van der Waals surface area contributed by atoms with Gasteiger partial charge in [-0.15, -0.1) is 0 Å². The van der Waals surface area contributed by atoms with Crippen LogP contribution in [0.2, 0.25) is 0 Å². The summed E-state index contributed by atoms with van der Waals surface area (Å²) < 4.78 is 7.03. The summed E-state index contributed by atoms with van der Waals surface area (Å²) in [6, 6.07) is 28.7. The molecule has 0 atom stereocenters. The smallest absolute Gasteiger partial charge is 0.260 e. The fourth-order valence-electron chi connectivity index (χ4n) is 3.89. The molecule has 2 heterocycles. The van der Waals surface area contributed by atoms with E-state index in [1.807, 2.05) is 60.7 Å². The number of ether oxygens (including phenoxy) is 1. The Bertz CT molecular complexity index is 1450. The number of carbonyl (C=O) groups excluding carboxylic acids is 1. The summed E-state index contributed by atoms with van der Waals surface area (Å²) in [5.41, 5.74) is 3.44. The number of pyridine rings is 1. The van der Waals surface area contributed by atoms with Crippen LogP contribution in [0.4, 0.5) is 5.13 Å². The SMILES string of the molecule is CC(C)c1cccc2sc(N(Cc3ccccn3)C(=O)c3cccc(Oc4ccccc4)c3)nc12. The molecule has 5 rings (SSSR count). The topological polar surface area (TPSA) is 55.3 Å². The lowest BCUT2D eigenvalue weighted by atomic mass is 10.0. The largest absolute Gasteiger partial charge is 0.457 e. The third-order valence-electron chi connectivity index (χ3n) is 5.64. The van der Waals surface area contributed by atoms with E-state index in [0.29, 0.717) is 28.9 Å². The van der Waals surface area contributed by atoms with E-state index in [9.17, 15) is 4.79 Å². The highest BCUT2D eigenvalue weighted by Crippen LogP contribution is 2.35. The second-order valence-corrected chi connectivity index (χ2v) is 9.51. The number of carbonyl (C=O) groups is 1. The monoisotopic (exact) mass is 479 g/mol. The molecule has 0 aliphatic carbocycles. The zero-order chi connectivity index (χ0) is 24.2. The average molecular weight is 480 g/mol. The number of thiazole rings is 1. The van der Waals surface area contributed by atoms with Crippen molar-refractivity contribution in [3.63, 3.8) is 0 Å². The maximum absolute atomic E-state index is 13.9. The van der Waals surface area contributed by atoms with Gasteiger partial charge < -0.3 is 4.74 Å². The van der Waals surface area contributed by atoms with Crippen LogP contribution in [0, 0.1) is 0 Å². The van der Waals surface area contributed by atoms with E-state index in [1.165, 1.54) is 16.9 Å². The van der Waals surface area contributed by atoms with Crippen LogP contribution >= 0.6 is 11.3 Å². The molecular formula is C29H25N3O2S. The van der Waals surface area contributed by atoms with E-state index in [1.54, 1.807) is 23.2 Å². The third kappa shape index (κ3) is 5.08. The number of rotatable bonds is 7. The number of benzene rings is 3. The number of nitrogens with zero attached hydrogens (tertiary/aromatic N) is 3. The molecule has 0 aliphatic heterocycles. The predicted octanol–water partition coefficient (Wildman–Crippen LogP) is 7.45. The van der Waals surface area contributed by atoms with Crippen molar-refractivity contribution in [3.05, 3.63) is 114 Å². The molecule has 0 N–H and O–H groups in total. The fourth-order valence-corrected chi connectivity index (χ4v) is 4.89. The Kier molecular flexibility index (Phi) is 6.55. The van der Waals surface area contributed by atoms with Crippen LogP contribution in [0.1, 0.15) is 41.4 Å². The van der Waals surface area contributed by atoms with E-state index >= 15 is 0 Å². The van der Waals surface area contributed by atoms with Gasteiger partial charge in [0.05, 0.1) is 22.5 Å². The highest BCUT2D eigenvalue weighted by molar-refractivity contribution is 7.22. The minimum atomic E-state index is -0.153. The molecule has 0 fully saturated rings. The second-order valence-electron chi connectivity index (χ2n) is 8.50. The number of hydrogen-bond acceptors (Lipinski definition) is 5. The molecule has 1 amide bonds. The predicted molar refractivity (Wildman–Crippen MR) is 141 cm³/mol. The highest BCUT2D eigenvalue weighted by Gasteiger charge is 2.23. The summed E-state index contributed by atoms with van der Waals surface area (Å²) >= 11 is 1.52. The fraction of sp³-hybridized carbons (Fsp3) is 0.138. The van der Waals surface area contributed by atoms with Gasteiger partial charge in [0.1, 0.15) is 11.5 Å². The molecule has 0 spiro atoms. The highest BCUT2D eigenvalue weighted by atomic mass is 32.1. The lowest BCUT2D eigenvalue weighted by molar-refractivity contribution is 0.0984. The number of fused-ring (bicyclic) bond motifs is 1. The van der Waals surface area contributed by atoms with Gasteiger partial charge in [0.15, 0.2) is 5.13 Å². The van der Waals surface area contributed by atoms with Crippen molar-refractivity contribution in [3.8, 4) is 11.5 Å². The van der Waals surface area contributed by atoms with Crippen LogP contribution in [0.15, 0.2) is 97.2 Å². The molecule has 2 aromatic heterocycles. The Morgan fingerprint density at radius 1 is 0.914 bits per heavy atom. The molecule has 0 unspecified atom stereocenters. The van der Waals surface area contributed by atoms with E-state index in [-0.39, 0.29) is 5.91 Å². The van der Waals surface area contributed by atoms with Gasteiger partial charge in [0.2, 0.25) is 0 Å². The molecule has 0 aliphatic rings. The minimum Gasteiger partial charge on any atom is -0.457 e. The maximum Gasteiger partial charge on any atom is 0.260 e. The zero-order valence-corrected chi connectivity index (χ0v) is 20.4. The van der Waals surface area contributed by atoms with Crippen LogP contribution in [0.5, 0.6) is 11.5 Å². The van der Waals surface area contributed by atoms with Gasteiger partial charge in [0.25, 0.3) is 5.91 Å². The Hall–Kier alpha value is -4.03. The number of amides is 1. The molecule has 0 radical (unpaired) electrons. The average Bonchev–Trinajstić information content (AvgIpc) is 3.32. The second kappa shape index (κ2) is 10.1. The van der Waals surface area contributed by atoms with Crippen LogP contribution in [-0.2, 0) is 6.54 Å². The Balaban J connectivity index is 1.53. The van der Waals surface area contributed by atoms with E-state index < -0.39 is 0 Å². The number of para-hydroxylation sites is 2. The van der Waals surface area contributed by atoms with E-state index in [0.717, 1.165) is 21.7 Å². The first kappa shape index (κ1) is 22.7. The first-order chi connectivity index (χ1) is 17.1. The quantitative estimate of drug-likeness (QED) is 0.243. The standard InChI is InChI=1S/C29H25N3O2S/c1-20(2)25-15-9-16-26-27(25)31-29(35-26)32(19-22-11-6-7-17-30-22)28(33)21-10-8-14-24(18-21)34-23-12-4-3-5-13-23/h3-18,20H,19H2,1-2H3. The first-order valence-corrected chi connectivity index (χ1v) is 12.3. The van der Waals surface area contributed by atoms with Crippen molar-refractivity contribution in [1.82, 2.24) is 9.97 Å². The Morgan fingerprint density at radius 3 is 2.46 bits per heavy atom. The van der Waals surface area contributed by atoms with Gasteiger partial charge in [-0.3, -0.25) is 14.7 Å². The van der Waals surface area contributed by atoms with Crippen LogP contribution in [0.3, 0.4) is 0 Å². The molecule has 5 aromatic rings. The number of hydrogen-bond donors (Lipinski definition) is 0. The molecule has 35 heavy (non-hydrogen) atoms. The van der Waals surface area contributed by atoms with Gasteiger partial charge in [-0.05, 0) is 60.0 Å². The van der Waals surface area contributed by atoms with Crippen LogP contribution in [-0.4, -0.2) is 15.9 Å². The van der Waals surface area contributed by atoms with Crippen LogP contribution in [0.25, 0.3) is 10.2 Å². The van der Waals surface area contributed by atoms with Crippen molar-refractivity contribution in [2.24, 2.45) is 0 Å². The van der Waals surface area contributed by atoms with Gasteiger partial charge in [-0.25, -0.2) is 4.98 Å². The molecule has 3 aromatic carbocycles. The summed E-state index contributed by atoms with van der Waals surface area (Å²) in [6.07, 6.45) is 1.74. The zero-order valence-electron chi connectivity index (χ0n) is 19.6. The maximum atomic E-state index is 13.9. The molecule has 5 nitrogen and oxygen atoms in total. The van der Waals surface area contributed by atoms with Crippen molar-refractivity contribution in [2.75, 3.05) is 4.90 Å². The lowest BCUT2D eigenvalue weighted by Crippen LogP contribution is -2.30. The van der Waals surface area contributed by atoms with Gasteiger partial charge >= 0.3 is 0 Å². The van der Waals surface area contributed by atoms with Gasteiger partial charge in [-0.2, -0.15) is 0 Å². The van der Waals surface area contributed by atoms with Gasteiger partial charge in [0, 0.05) is 11.8 Å². The molecule has 0 saturated heterocycles. The molecule has 6 heteroatoms. The lowest BCUT2D eigenvalue weighted by Gasteiger charge is -2.20. The minimum absolute atomic E-state index is 0.153. The number of aromatic nitrogens is 2. The summed E-state index contributed by atoms with van der Waals surface area (Å²) in [4.78, 5) is 24.9. The summed E-state index contributed by atoms with van der Waals surface area (Å²) in [5.74, 6) is 1.50. The van der Waals surface area contributed by atoms with Crippen molar-refractivity contribution >= 4 is 32.6 Å². The number of anilines is 1. The van der Waals surface area contributed by atoms with Crippen molar-refractivity contribution in [2.45, 2.75) is 26.3 Å². The van der Waals surface area contributed by atoms with E-state index in [2.05, 4.69) is 37.0 Å². The Morgan fingerprint density at radius 2 is 1.69 bits per heavy atom. The summed E-state index contributed by atoms with van der Waals surface area (Å²) in [5, 5.41) is 0.651. The Labute approximate surface area is 208 Å². The summed E-state index contributed by atoms with van der Waals surface area (Å²) in [6.45, 7) is 4.63. The molecule has 174 valence electrons. The van der Waals surface area contributed by atoms with Crippen molar-refractivity contribution in [1.29, 1.82) is 0 Å². The first-order valence-electron chi connectivity index (χ1n) is 11.5. The molecule has 0 saturated carbocycles. The summed E-state index contributed by atoms with van der Waals surface area (Å²) in [7, 11) is 0. The molecular weight excluding hydrogens is 454 g/mol. The van der Waals surface area contributed by atoms with E-state index in [4.69, 9.17) is 9.72 Å². The third-order valence-corrected chi connectivity index (χ3v) is 6.69. The van der Waals surface area contributed by atoms with Crippen molar-refractivity contribution < 1.29 is 9.53 Å².